The van der Waals surface area contributed by atoms with E-state index in [0.29, 0.717) is 5.69 Å². The molecule has 27 heavy (non-hydrogen) atoms. The Morgan fingerprint density at radius 3 is 2.63 bits per heavy atom. The lowest BCUT2D eigenvalue weighted by atomic mass is 10.1. The zero-order chi connectivity index (χ0) is 20.1. The number of rotatable bonds is 5. The second kappa shape index (κ2) is 8.54. The molecule has 0 aliphatic rings. The number of primary amides is 1. The van der Waals surface area contributed by atoms with Crippen molar-refractivity contribution in [3.63, 3.8) is 0 Å². The van der Waals surface area contributed by atoms with Gasteiger partial charge < -0.3 is 15.6 Å². The van der Waals surface area contributed by atoms with E-state index in [9.17, 15) is 14.4 Å². The number of nitrogens with zero attached hydrogens (tertiary/aromatic N) is 2. The highest BCUT2D eigenvalue weighted by Gasteiger charge is 2.18. The molecular formula is C18H20BrN5O3. The van der Waals surface area contributed by atoms with E-state index in [1.165, 1.54) is 30.0 Å². The Bertz CT molecular complexity index is 954. The number of carbonyl (C=O) groups is 2. The summed E-state index contributed by atoms with van der Waals surface area (Å²) in [5.74, 6) is -0.594. The smallest absolute Gasteiger partial charge is 0.333 e. The summed E-state index contributed by atoms with van der Waals surface area (Å²) < 4.78 is 2.19. The number of nitrogens with one attached hydrogen (secondary N) is 2. The number of pyridine rings is 1. The summed E-state index contributed by atoms with van der Waals surface area (Å²) in [6.45, 7) is 5.46. The van der Waals surface area contributed by atoms with Gasteiger partial charge in [-0.1, -0.05) is 22.0 Å². The second-order valence-electron chi connectivity index (χ2n) is 5.81. The van der Waals surface area contributed by atoms with Gasteiger partial charge in [-0.05, 0) is 30.7 Å². The summed E-state index contributed by atoms with van der Waals surface area (Å²) in [7, 11) is 1.53. The van der Waals surface area contributed by atoms with Crippen molar-refractivity contribution < 1.29 is 9.59 Å². The predicted molar refractivity (Wildman–Crippen MR) is 108 cm³/mol. The Kier molecular flexibility index (Phi) is 6.40. The number of hydrogen-bond acceptors (Lipinski definition) is 4. The predicted octanol–water partition coefficient (Wildman–Crippen LogP) is 2.41. The summed E-state index contributed by atoms with van der Waals surface area (Å²) >= 11 is 3.39. The maximum absolute atomic E-state index is 12.7. The summed E-state index contributed by atoms with van der Waals surface area (Å²) in [4.78, 5) is 36.2. The number of hydrogen-bond donors (Lipinski definition) is 3. The molecule has 0 atom stereocenters. The number of amides is 3. The third-order valence-electron chi connectivity index (χ3n) is 3.74. The third kappa shape index (κ3) is 4.98. The lowest BCUT2D eigenvalue weighted by molar-refractivity contribution is 0.0846. The molecule has 0 bridgehead atoms. The van der Waals surface area contributed by atoms with Crippen LogP contribution in [0.25, 0.3) is 0 Å². The number of anilines is 2. The highest BCUT2D eigenvalue weighted by atomic mass is 79.9. The lowest BCUT2D eigenvalue weighted by Gasteiger charge is -2.21. The zero-order valence-electron chi connectivity index (χ0n) is 15.0. The van der Waals surface area contributed by atoms with Crippen LogP contribution in [0.3, 0.4) is 0 Å². The molecule has 2 rings (SSSR count). The molecule has 0 saturated heterocycles. The molecule has 0 aliphatic carbocycles. The van der Waals surface area contributed by atoms with Crippen molar-refractivity contribution >= 4 is 39.2 Å². The van der Waals surface area contributed by atoms with Crippen molar-refractivity contribution in [2.45, 2.75) is 6.92 Å². The monoisotopic (exact) mass is 433 g/mol. The van der Waals surface area contributed by atoms with Gasteiger partial charge in [-0.2, -0.15) is 0 Å². The molecule has 0 saturated carbocycles. The van der Waals surface area contributed by atoms with Gasteiger partial charge in [0.15, 0.2) is 0 Å². The first-order valence-corrected chi connectivity index (χ1v) is 8.75. The van der Waals surface area contributed by atoms with E-state index in [1.807, 2.05) is 25.1 Å². The van der Waals surface area contributed by atoms with Crippen LogP contribution < -0.4 is 22.0 Å². The van der Waals surface area contributed by atoms with Crippen molar-refractivity contribution in [2.24, 2.45) is 12.8 Å². The topological polar surface area (TPSA) is 109 Å². The van der Waals surface area contributed by atoms with E-state index in [-0.39, 0.29) is 17.7 Å². The number of aryl methyl sites for hydroxylation is 2. The molecule has 0 aliphatic heterocycles. The molecule has 0 unspecified atom stereocenters. The van der Waals surface area contributed by atoms with Gasteiger partial charge in [0.1, 0.15) is 0 Å². The van der Waals surface area contributed by atoms with Gasteiger partial charge in [0.25, 0.3) is 11.5 Å². The standard InChI is InChI=1S/C18H20BrN5O3/c1-4-7-24(18(20)27)22-17(26)13-10-23(3)16(25)9-15(13)21-14-6-5-12(19)8-11(14)2/h4-6,8-10,21H,1,7H2,2-3H3,(H2,20,27)(H,22,26). The van der Waals surface area contributed by atoms with Crippen LogP contribution in [0.4, 0.5) is 16.2 Å². The molecule has 1 aromatic carbocycles. The summed E-state index contributed by atoms with van der Waals surface area (Å²) in [6, 6.07) is 6.06. The second-order valence-corrected chi connectivity index (χ2v) is 6.73. The highest BCUT2D eigenvalue weighted by Crippen LogP contribution is 2.25. The minimum absolute atomic E-state index is 0.0431. The summed E-state index contributed by atoms with van der Waals surface area (Å²) in [6.07, 6.45) is 2.82. The van der Waals surface area contributed by atoms with Crippen LogP contribution in [-0.4, -0.2) is 28.1 Å². The fourth-order valence-electron chi connectivity index (χ4n) is 2.33. The molecule has 2 aromatic rings. The molecular weight excluding hydrogens is 414 g/mol. The van der Waals surface area contributed by atoms with Crippen LogP contribution in [0.15, 0.2) is 52.4 Å². The van der Waals surface area contributed by atoms with Crippen LogP contribution in [0, 0.1) is 6.92 Å². The number of carbonyl (C=O) groups excluding carboxylic acids is 2. The van der Waals surface area contributed by atoms with E-state index in [2.05, 4.69) is 33.3 Å². The van der Waals surface area contributed by atoms with E-state index in [4.69, 9.17) is 5.73 Å². The molecule has 1 aromatic heterocycles. The fourth-order valence-corrected chi connectivity index (χ4v) is 2.80. The van der Waals surface area contributed by atoms with Gasteiger partial charge in [-0.25, -0.2) is 9.80 Å². The zero-order valence-corrected chi connectivity index (χ0v) is 16.5. The minimum atomic E-state index is -0.827. The number of hydrazine groups is 1. The van der Waals surface area contributed by atoms with Crippen molar-refractivity contribution in [3.05, 3.63) is 69.1 Å². The molecule has 0 spiro atoms. The minimum Gasteiger partial charge on any atom is -0.354 e. The Balaban J connectivity index is 2.42. The van der Waals surface area contributed by atoms with Crippen LogP contribution >= 0.6 is 15.9 Å². The Labute approximate surface area is 164 Å². The van der Waals surface area contributed by atoms with Crippen LogP contribution in [-0.2, 0) is 7.05 Å². The van der Waals surface area contributed by atoms with E-state index in [0.717, 1.165) is 20.7 Å². The molecule has 0 radical (unpaired) electrons. The third-order valence-corrected chi connectivity index (χ3v) is 4.24. The average molecular weight is 434 g/mol. The Morgan fingerprint density at radius 1 is 1.33 bits per heavy atom. The SMILES string of the molecule is C=CCN(NC(=O)c1cn(C)c(=O)cc1Nc1ccc(Br)cc1C)C(N)=O. The first kappa shape index (κ1) is 20.2. The quantitative estimate of drug-likeness (QED) is 0.496. The largest absolute Gasteiger partial charge is 0.354 e. The number of nitrogens with two attached hydrogens (primary N) is 1. The van der Waals surface area contributed by atoms with Gasteiger partial charge in [0.05, 0.1) is 17.8 Å². The maximum atomic E-state index is 12.7. The van der Waals surface area contributed by atoms with Gasteiger partial charge >= 0.3 is 6.03 Å². The first-order valence-electron chi connectivity index (χ1n) is 7.95. The van der Waals surface area contributed by atoms with Gasteiger partial charge in [0, 0.05) is 29.5 Å². The molecule has 142 valence electrons. The van der Waals surface area contributed by atoms with Crippen LogP contribution in [0.1, 0.15) is 15.9 Å². The van der Waals surface area contributed by atoms with E-state index < -0.39 is 11.9 Å². The number of urea groups is 1. The Morgan fingerprint density at radius 2 is 2.04 bits per heavy atom. The first-order chi connectivity index (χ1) is 12.7. The fraction of sp³-hybridized carbons (Fsp3) is 0.167. The van der Waals surface area contributed by atoms with Crippen LogP contribution in [0.2, 0.25) is 0 Å². The van der Waals surface area contributed by atoms with Crippen molar-refractivity contribution in [3.8, 4) is 0 Å². The summed E-state index contributed by atoms with van der Waals surface area (Å²) in [5, 5.41) is 4.03. The summed E-state index contributed by atoms with van der Waals surface area (Å²) in [5.41, 5.74) is 9.51. The number of aromatic nitrogens is 1. The van der Waals surface area contributed by atoms with Gasteiger partial charge in [-0.15, -0.1) is 6.58 Å². The molecule has 0 fully saturated rings. The molecule has 8 nitrogen and oxygen atoms in total. The van der Waals surface area contributed by atoms with Crippen LogP contribution in [0.5, 0.6) is 0 Å². The highest BCUT2D eigenvalue weighted by molar-refractivity contribution is 9.10. The Hall–Kier alpha value is -3.07. The van der Waals surface area contributed by atoms with Crippen molar-refractivity contribution in [2.75, 3.05) is 11.9 Å². The molecule has 3 amide bonds. The maximum Gasteiger partial charge on any atom is 0.333 e. The molecule has 4 N–H and O–H groups in total. The molecule has 9 heteroatoms. The van der Waals surface area contributed by atoms with Crippen molar-refractivity contribution in [1.82, 2.24) is 15.0 Å². The number of benzene rings is 1. The van der Waals surface area contributed by atoms with Crippen molar-refractivity contribution in [1.29, 1.82) is 0 Å². The molecule has 1 heterocycles. The lowest BCUT2D eigenvalue weighted by Crippen LogP contribution is -2.49. The normalized spacial score (nSPS) is 10.2. The average Bonchev–Trinajstić information content (AvgIpc) is 2.59. The van der Waals surface area contributed by atoms with Gasteiger partial charge in [0.2, 0.25) is 0 Å². The van der Waals surface area contributed by atoms with E-state index >= 15 is 0 Å². The van der Waals surface area contributed by atoms with E-state index in [1.54, 1.807) is 0 Å². The van der Waals surface area contributed by atoms with Gasteiger partial charge in [-0.3, -0.25) is 15.0 Å². The number of halogens is 1.